The van der Waals surface area contributed by atoms with E-state index >= 15 is 0 Å². The number of hydrogen-bond acceptors (Lipinski definition) is 2. The molecule has 0 heterocycles. The molecule has 1 nitrogen and oxygen atoms in total. The molecule has 0 saturated heterocycles. The van der Waals surface area contributed by atoms with Crippen LogP contribution in [0.1, 0.15) is 19.8 Å². The van der Waals surface area contributed by atoms with Crippen molar-refractivity contribution in [2.45, 2.75) is 19.8 Å². The number of thiocarbonyl (C=S) groups is 1. The Morgan fingerprint density at radius 2 is 2.10 bits per heavy atom. The molecule has 54 valence electrons. The zero-order valence-corrected chi connectivity index (χ0v) is 10.5. The summed E-state index contributed by atoms with van der Waals surface area (Å²) in [6.07, 6.45) is 2.37. The third-order valence-corrected chi connectivity index (χ3v) is 1.78. The Morgan fingerprint density at radius 3 is 2.40 bits per heavy atom. The minimum absolute atomic E-state index is 0. The fourth-order valence-electron chi connectivity index (χ4n) is 0.487. The molecule has 0 aromatic carbocycles. The van der Waals surface area contributed by atoms with E-state index in [9.17, 15) is 0 Å². The second kappa shape index (κ2) is 8.21. The summed E-state index contributed by atoms with van der Waals surface area (Å²) in [6, 6.07) is 0. The minimum atomic E-state index is 0. The van der Waals surface area contributed by atoms with Crippen molar-refractivity contribution < 1.29 is 29.6 Å². The van der Waals surface area contributed by atoms with E-state index in [0.717, 1.165) is 6.54 Å². The molecule has 0 N–H and O–H groups in total. The maximum atomic E-state index is 4.77. The quantitative estimate of drug-likeness (QED) is 0.301. The van der Waals surface area contributed by atoms with Gasteiger partial charge in [-0.3, -0.25) is 0 Å². The smallest absolute Gasteiger partial charge is 0.411 e. The van der Waals surface area contributed by atoms with E-state index < -0.39 is 0 Å². The van der Waals surface area contributed by atoms with Crippen molar-refractivity contribution in [2.24, 2.45) is 0 Å². The van der Waals surface area contributed by atoms with Crippen molar-refractivity contribution in [3.63, 3.8) is 0 Å². The van der Waals surface area contributed by atoms with Crippen LogP contribution >= 0.6 is 12.2 Å². The summed E-state index contributed by atoms with van der Waals surface area (Å²) in [6.45, 7) is 3.15. The van der Waals surface area contributed by atoms with Crippen molar-refractivity contribution in [1.29, 1.82) is 0 Å². The summed E-state index contributed by atoms with van der Waals surface area (Å²) in [5.41, 5.74) is 0. The largest absolute Gasteiger partial charge is 1.00 e. The maximum absolute atomic E-state index is 4.77. The average Bonchev–Trinajstić information content (AvgIpc) is 1.82. The predicted molar refractivity (Wildman–Crippen MR) is 47.5 cm³/mol. The Morgan fingerprint density at radius 1 is 1.60 bits per heavy atom. The topological polar surface area (TPSA) is 3.24 Å². The van der Waals surface area contributed by atoms with Crippen LogP contribution in [0.3, 0.4) is 0 Å². The summed E-state index contributed by atoms with van der Waals surface area (Å²) >= 11 is 9.54. The van der Waals surface area contributed by atoms with Gasteiger partial charge in [-0.2, -0.15) is 0 Å². The van der Waals surface area contributed by atoms with Crippen LogP contribution in [-0.4, -0.2) is 22.8 Å². The van der Waals surface area contributed by atoms with E-state index in [4.69, 9.17) is 24.8 Å². The summed E-state index contributed by atoms with van der Waals surface area (Å²) in [5, 5.41) is 0. The van der Waals surface area contributed by atoms with Gasteiger partial charge in [0.1, 0.15) is 0 Å². The molecule has 0 radical (unpaired) electrons. The van der Waals surface area contributed by atoms with Gasteiger partial charge in [0.15, 0.2) is 0 Å². The van der Waals surface area contributed by atoms with Gasteiger partial charge in [-0.1, -0.05) is 17.7 Å². The van der Waals surface area contributed by atoms with Crippen LogP contribution in [-0.2, 0) is 12.6 Å². The fraction of sp³-hybridized carbons (Fsp3) is 0.833. The van der Waals surface area contributed by atoms with Crippen molar-refractivity contribution in [2.75, 3.05) is 13.6 Å². The van der Waals surface area contributed by atoms with Crippen LogP contribution < -0.4 is 29.6 Å². The van der Waals surface area contributed by atoms with Crippen LogP contribution in [0.5, 0.6) is 0 Å². The first-order chi connectivity index (χ1) is 4.18. The van der Waals surface area contributed by atoms with Gasteiger partial charge in [0.2, 0.25) is 0 Å². The molecular formula is C6H12NNaS2. The van der Waals surface area contributed by atoms with Crippen LogP contribution in [0.4, 0.5) is 0 Å². The van der Waals surface area contributed by atoms with Crippen LogP contribution in [0.25, 0.3) is 0 Å². The van der Waals surface area contributed by atoms with Gasteiger partial charge < -0.3 is 29.7 Å². The molecule has 0 atom stereocenters. The molecule has 0 aromatic rings. The predicted octanol–water partition coefficient (Wildman–Crippen LogP) is -1.45. The van der Waals surface area contributed by atoms with Crippen molar-refractivity contribution in [3.05, 3.63) is 0 Å². The molecule has 10 heavy (non-hydrogen) atoms. The molecule has 0 spiro atoms. The molecule has 0 fully saturated rings. The Bertz CT molecular complexity index is 97.7. The standard InChI is InChI=1S/C6H13NS2.Na/c1-3-4-5-7(2)6(8)9;/h3-5H2,1-2H3,(H,8,9);/q;+1/p-1. The van der Waals surface area contributed by atoms with Gasteiger partial charge in [0, 0.05) is 13.6 Å². The van der Waals surface area contributed by atoms with E-state index in [1.807, 2.05) is 11.9 Å². The molecule has 0 unspecified atom stereocenters. The molecule has 0 rings (SSSR count). The second-order valence-electron chi connectivity index (χ2n) is 2.04. The van der Waals surface area contributed by atoms with E-state index in [0.29, 0.717) is 4.32 Å². The Balaban J connectivity index is 0. The zero-order chi connectivity index (χ0) is 7.28. The average molecular weight is 185 g/mol. The number of unbranched alkanes of at least 4 members (excludes halogenated alkanes) is 1. The molecule has 4 heteroatoms. The number of rotatable bonds is 3. The normalized spacial score (nSPS) is 8.20. The Hall–Kier alpha value is 1.11. The van der Waals surface area contributed by atoms with Crippen molar-refractivity contribution in [1.82, 2.24) is 4.90 Å². The zero-order valence-electron chi connectivity index (χ0n) is 6.89. The molecule has 0 bridgehead atoms. The van der Waals surface area contributed by atoms with E-state index in [1.54, 1.807) is 0 Å². The Labute approximate surface area is 96.3 Å². The minimum Gasteiger partial charge on any atom is -0.411 e. The number of nitrogens with zero attached hydrogens (tertiary/aromatic N) is 1. The molecule has 0 saturated carbocycles. The van der Waals surface area contributed by atoms with Crippen LogP contribution in [0.2, 0.25) is 0 Å². The van der Waals surface area contributed by atoms with Gasteiger partial charge in [0.25, 0.3) is 0 Å². The van der Waals surface area contributed by atoms with Gasteiger partial charge in [0.05, 0.1) is 0 Å². The molecule has 0 amide bonds. The van der Waals surface area contributed by atoms with Crippen LogP contribution in [0, 0.1) is 0 Å². The van der Waals surface area contributed by atoms with Gasteiger partial charge >= 0.3 is 29.6 Å². The summed E-state index contributed by atoms with van der Waals surface area (Å²) in [7, 11) is 1.94. The fourth-order valence-corrected chi connectivity index (χ4v) is 0.669. The molecule has 0 aliphatic heterocycles. The first-order valence-electron chi connectivity index (χ1n) is 3.10. The maximum Gasteiger partial charge on any atom is 1.00 e. The monoisotopic (exact) mass is 185 g/mol. The van der Waals surface area contributed by atoms with Crippen molar-refractivity contribution >= 4 is 29.2 Å². The summed E-state index contributed by atoms with van der Waals surface area (Å²) in [5.74, 6) is 0. The number of hydrogen-bond donors (Lipinski definition) is 0. The van der Waals surface area contributed by atoms with Gasteiger partial charge in [-0.25, -0.2) is 0 Å². The third kappa shape index (κ3) is 7.22. The Kier molecular flexibility index (Phi) is 11.2. The van der Waals surface area contributed by atoms with E-state index in [-0.39, 0.29) is 29.6 Å². The molecule has 0 aliphatic rings. The third-order valence-electron chi connectivity index (χ3n) is 1.16. The first-order valence-corrected chi connectivity index (χ1v) is 3.92. The molecule has 0 aliphatic carbocycles. The van der Waals surface area contributed by atoms with Crippen LogP contribution in [0.15, 0.2) is 0 Å². The molecular weight excluding hydrogens is 173 g/mol. The van der Waals surface area contributed by atoms with Gasteiger partial charge in [-0.05, 0) is 6.42 Å². The first kappa shape index (κ1) is 13.7. The van der Waals surface area contributed by atoms with E-state index in [2.05, 4.69) is 6.92 Å². The molecule has 0 aromatic heterocycles. The second-order valence-corrected chi connectivity index (χ2v) is 3.07. The van der Waals surface area contributed by atoms with E-state index in [1.165, 1.54) is 12.8 Å². The van der Waals surface area contributed by atoms with Gasteiger partial charge in [-0.15, -0.1) is 0 Å². The SMILES string of the molecule is CCCCN(C)C(=S)[S-].[Na+]. The van der Waals surface area contributed by atoms with Crippen molar-refractivity contribution in [3.8, 4) is 0 Å². The summed E-state index contributed by atoms with van der Waals surface area (Å²) in [4.78, 5) is 1.92. The summed E-state index contributed by atoms with van der Waals surface area (Å²) < 4.78 is 0.573.